The van der Waals surface area contributed by atoms with Crippen LogP contribution in [-0.4, -0.2) is 17.1 Å². The van der Waals surface area contributed by atoms with Crippen LogP contribution in [0.4, 0.5) is 11.6 Å². The average Bonchev–Trinajstić information content (AvgIpc) is 2.38. The molecule has 0 bridgehead atoms. The second kappa shape index (κ2) is 6.04. The summed E-state index contributed by atoms with van der Waals surface area (Å²) >= 11 is 0. The summed E-state index contributed by atoms with van der Waals surface area (Å²) in [7, 11) is 1.61. The summed E-state index contributed by atoms with van der Waals surface area (Å²) in [5.41, 5.74) is 1.46. The van der Waals surface area contributed by atoms with Gasteiger partial charge in [-0.15, -0.1) is 0 Å². The first-order valence-electron chi connectivity index (χ1n) is 6.22. The molecule has 0 spiro atoms. The number of ether oxygens (including phenoxy) is 1. The van der Waals surface area contributed by atoms with Crippen molar-refractivity contribution in [2.24, 2.45) is 0 Å². The minimum atomic E-state index is -0.149. The topological polar surface area (TPSA) is 67.0 Å². The third kappa shape index (κ3) is 3.58. The number of H-pyrrole nitrogens is 1. The Morgan fingerprint density at radius 3 is 2.95 bits per heavy atom. The molecule has 1 aromatic heterocycles. The third-order valence-corrected chi connectivity index (χ3v) is 2.63. The summed E-state index contributed by atoms with van der Waals surface area (Å²) in [5.74, 6) is 1.20. The molecule has 0 fully saturated rings. The summed E-state index contributed by atoms with van der Waals surface area (Å²) < 4.78 is 5.15. The quantitative estimate of drug-likeness (QED) is 0.865. The van der Waals surface area contributed by atoms with Gasteiger partial charge in [0.25, 0.3) is 5.56 Å². The highest BCUT2D eigenvalue weighted by Gasteiger charge is 2.02. The first-order chi connectivity index (χ1) is 9.21. The van der Waals surface area contributed by atoms with Gasteiger partial charge in [0, 0.05) is 23.5 Å². The number of nitrogens with zero attached hydrogens (tertiary/aromatic N) is 1. The van der Waals surface area contributed by atoms with Crippen molar-refractivity contribution in [3.05, 3.63) is 46.4 Å². The number of hydrogen-bond acceptors (Lipinski definition) is 4. The van der Waals surface area contributed by atoms with Gasteiger partial charge >= 0.3 is 0 Å². The van der Waals surface area contributed by atoms with Crippen molar-refractivity contribution in [3.63, 3.8) is 0 Å². The van der Waals surface area contributed by atoms with E-state index in [9.17, 15) is 4.79 Å². The van der Waals surface area contributed by atoms with Gasteiger partial charge in [-0.25, -0.2) is 4.98 Å². The minimum absolute atomic E-state index is 0.149. The first-order valence-corrected chi connectivity index (χ1v) is 6.22. The van der Waals surface area contributed by atoms with E-state index in [1.807, 2.05) is 24.3 Å². The predicted molar refractivity (Wildman–Crippen MR) is 75.1 cm³/mol. The number of anilines is 2. The maximum Gasteiger partial charge on any atom is 0.252 e. The van der Waals surface area contributed by atoms with E-state index < -0.39 is 0 Å². The monoisotopic (exact) mass is 259 g/mol. The molecule has 2 N–H and O–H groups in total. The van der Waals surface area contributed by atoms with E-state index in [-0.39, 0.29) is 5.56 Å². The molecule has 2 rings (SSSR count). The maximum absolute atomic E-state index is 11.5. The number of aromatic nitrogens is 2. The lowest BCUT2D eigenvalue weighted by Crippen LogP contribution is -2.12. The summed E-state index contributed by atoms with van der Waals surface area (Å²) in [6, 6.07) is 8.98. The Labute approximate surface area is 111 Å². The van der Waals surface area contributed by atoms with Gasteiger partial charge in [0.1, 0.15) is 5.75 Å². The Bertz CT molecular complexity index is 608. The van der Waals surface area contributed by atoms with Gasteiger partial charge in [0.2, 0.25) is 5.95 Å². The molecule has 5 nitrogen and oxygen atoms in total. The molecule has 0 amide bonds. The number of methoxy groups -OCH3 is 1. The van der Waals surface area contributed by atoms with E-state index in [1.165, 1.54) is 6.07 Å². The van der Waals surface area contributed by atoms with Crippen LogP contribution >= 0.6 is 0 Å². The summed E-state index contributed by atoms with van der Waals surface area (Å²) in [6.07, 6.45) is 1.74. The van der Waals surface area contributed by atoms with Crippen LogP contribution in [0.2, 0.25) is 0 Å². The van der Waals surface area contributed by atoms with E-state index in [1.54, 1.807) is 7.11 Å². The van der Waals surface area contributed by atoms with Crippen LogP contribution in [0.5, 0.6) is 5.75 Å². The molecule has 1 heterocycles. The number of rotatable bonds is 5. The van der Waals surface area contributed by atoms with Gasteiger partial charge in [0.05, 0.1) is 7.11 Å². The van der Waals surface area contributed by atoms with Gasteiger partial charge in [-0.3, -0.25) is 9.78 Å². The molecule has 2 aromatic rings. The highest BCUT2D eigenvalue weighted by atomic mass is 16.5. The molecule has 19 heavy (non-hydrogen) atoms. The van der Waals surface area contributed by atoms with Crippen LogP contribution in [0, 0.1) is 0 Å². The van der Waals surface area contributed by atoms with E-state index in [0.717, 1.165) is 30.0 Å². The van der Waals surface area contributed by atoms with Gasteiger partial charge in [-0.1, -0.05) is 19.4 Å². The fraction of sp³-hybridized carbons (Fsp3) is 0.286. The number of aryl methyl sites for hydroxylation is 1. The first kappa shape index (κ1) is 13.1. The molecule has 0 saturated carbocycles. The molecule has 1 aromatic carbocycles. The van der Waals surface area contributed by atoms with Crippen molar-refractivity contribution in [3.8, 4) is 5.75 Å². The van der Waals surface area contributed by atoms with Crippen LogP contribution in [0.15, 0.2) is 35.1 Å². The van der Waals surface area contributed by atoms with Crippen LogP contribution in [-0.2, 0) is 6.42 Å². The van der Waals surface area contributed by atoms with E-state index >= 15 is 0 Å². The molecule has 0 aliphatic heterocycles. The van der Waals surface area contributed by atoms with Crippen LogP contribution < -0.4 is 15.6 Å². The standard InChI is InChI=1S/C14H17N3O2/c1-3-5-10-9-13(18)17-14(15-10)16-11-6-4-7-12(8-11)19-2/h4,6-9H,3,5H2,1-2H3,(H2,15,16,17,18). The molecule has 100 valence electrons. The van der Waals surface area contributed by atoms with Crippen LogP contribution in [0.3, 0.4) is 0 Å². The zero-order chi connectivity index (χ0) is 13.7. The second-order valence-electron chi connectivity index (χ2n) is 4.19. The number of nitrogens with one attached hydrogen (secondary N) is 2. The van der Waals surface area contributed by atoms with E-state index in [0.29, 0.717) is 5.95 Å². The van der Waals surface area contributed by atoms with Crippen molar-refractivity contribution < 1.29 is 4.74 Å². The number of hydrogen-bond donors (Lipinski definition) is 2. The van der Waals surface area contributed by atoms with Crippen LogP contribution in [0.25, 0.3) is 0 Å². The maximum atomic E-state index is 11.5. The highest BCUT2D eigenvalue weighted by Crippen LogP contribution is 2.19. The second-order valence-corrected chi connectivity index (χ2v) is 4.19. The van der Waals surface area contributed by atoms with E-state index in [4.69, 9.17) is 4.74 Å². The zero-order valence-corrected chi connectivity index (χ0v) is 11.1. The van der Waals surface area contributed by atoms with Gasteiger partial charge in [0.15, 0.2) is 0 Å². The summed E-state index contributed by atoms with van der Waals surface area (Å²) in [6.45, 7) is 2.05. The number of benzene rings is 1. The Morgan fingerprint density at radius 2 is 2.21 bits per heavy atom. The number of aromatic amines is 1. The molecule has 0 saturated heterocycles. The Hall–Kier alpha value is -2.30. The zero-order valence-electron chi connectivity index (χ0n) is 11.1. The predicted octanol–water partition coefficient (Wildman–Crippen LogP) is 2.47. The van der Waals surface area contributed by atoms with Crippen LogP contribution in [0.1, 0.15) is 19.0 Å². The fourth-order valence-electron chi connectivity index (χ4n) is 1.79. The molecular weight excluding hydrogens is 242 g/mol. The van der Waals surface area contributed by atoms with Gasteiger partial charge in [-0.2, -0.15) is 0 Å². The lowest BCUT2D eigenvalue weighted by atomic mass is 10.2. The average molecular weight is 259 g/mol. The van der Waals surface area contributed by atoms with Crippen molar-refractivity contribution in [1.29, 1.82) is 0 Å². The van der Waals surface area contributed by atoms with Crippen molar-refractivity contribution >= 4 is 11.6 Å². The summed E-state index contributed by atoms with van der Waals surface area (Å²) in [5, 5.41) is 3.07. The van der Waals surface area contributed by atoms with Crippen molar-refractivity contribution in [2.75, 3.05) is 12.4 Å². The third-order valence-electron chi connectivity index (χ3n) is 2.63. The molecular formula is C14H17N3O2. The van der Waals surface area contributed by atoms with Gasteiger partial charge < -0.3 is 10.1 Å². The molecule has 0 aliphatic rings. The van der Waals surface area contributed by atoms with Crippen molar-refractivity contribution in [1.82, 2.24) is 9.97 Å². The molecule has 0 radical (unpaired) electrons. The smallest absolute Gasteiger partial charge is 0.252 e. The minimum Gasteiger partial charge on any atom is -0.497 e. The van der Waals surface area contributed by atoms with E-state index in [2.05, 4.69) is 22.2 Å². The molecule has 0 unspecified atom stereocenters. The summed E-state index contributed by atoms with van der Waals surface area (Å²) in [4.78, 5) is 18.6. The largest absolute Gasteiger partial charge is 0.497 e. The fourth-order valence-corrected chi connectivity index (χ4v) is 1.79. The van der Waals surface area contributed by atoms with Gasteiger partial charge in [-0.05, 0) is 18.6 Å². The lowest BCUT2D eigenvalue weighted by Gasteiger charge is -2.08. The Morgan fingerprint density at radius 1 is 1.37 bits per heavy atom. The molecule has 0 atom stereocenters. The SMILES string of the molecule is CCCc1cc(=O)[nH]c(Nc2cccc(OC)c2)n1. The highest BCUT2D eigenvalue weighted by molar-refractivity contribution is 5.55. The Kier molecular flexibility index (Phi) is 4.18. The molecule has 5 heteroatoms. The normalized spacial score (nSPS) is 10.2. The molecule has 0 aliphatic carbocycles. The van der Waals surface area contributed by atoms with Crippen molar-refractivity contribution in [2.45, 2.75) is 19.8 Å². The lowest BCUT2D eigenvalue weighted by molar-refractivity contribution is 0.415. The Balaban J connectivity index is 2.24.